The van der Waals surface area contributed by atoms with Gasteiger partial charge in [0.25, 0.3) is 0 Å². The molecule has 0 radical (unpaired) electrons. The highest BCUT2D eigenvalue weighted by Gasteiger charge is 2.25. The van der Waals surface area contributed by atoms with Crippen molar-refractivity contribution in [3.05, 3.63) is 18.2 Å². The summed E-state index contributed by atoms with van der Waals surface area (Å²) in [6.45, 7) is 7.20. The number of aliphatic hydroxyl groups is 1. The number of nitrogens with zero attached hydrogens (tertiary/aromatic N) is 3. The first-order valence-electron chi connectivity index (χ1n) is 7.08. The lowest BCUT2D eigenvalue weighted by molar-refractivity contribution is 0.0352. The second-order valence-corrected chi connectivity index (χ2v) is 5.36. The topological polar surface area (TPSA) is 41.3 Å². The van der Waals surface area contributed by atoms with E-state index in [4.69, 9.17) is 0 Å². The van der Waals surface area contributed by atoms with E-state index in [-0.39, 0.29) is 6.10 Å². The van der Waals surface area contributed by atoms with Crippen molar-refractivity contribution in [2.45, 2.75) is 58.2 Å². The molecule has 0 saturated carbocycles. The number of aromatic nitrogens is 2. The maximum Gasteiger partial charge on any atom is 0.105 e. The van der Waals surface area contributed by atoms with Crippen molar-refractivity contribution in [1.82, 2.24) is 14.5 Å². The molecule has 18 heavy (non-hydrogen) atoms. The Morgan fingerprint density at radius 2 is 2.28 bits per heavy atom. The van der Waals surface area contributed by atoms with E-state index in [0.29, 0.717) is 6.04 Å². The van der Waals surface area contributed by atoms with Crippen LogP contribution >= 0.6 is 0 Å². The molecule has 0 aromatic carbocycles. The van der Waals surface area contributed by atoms with Crippen LogP contribution in [0.4, 0.5) is 0 Å². The van der Waals surface area contributed by atoms with Crippen molar-refractivity contribution in [2.24, 2.45) is 0 Å². The van der Waals surface area contributed by atoms with Gasteiger partial charge in [-0.15, -0.1) is 0 Å². The van der Waals surface area contributed by atoms with Crippen LogP contribution in [0, 0.1) is 6.92 Å². The zero-order valence-corrected chi connectivity index (χ0v) is 11.5. The minimum absolute atomic E-state index is 0.208. The van der Waals surface area contributed by atoms with Crippen LogP contribution in [0.25, 0.3) is 0 Å². The lowest BCUT2D eigenvalue weighted by Gasteiger charge is -2.37. The maximum atomic E-state index is 9.82. The molecule has 0 spiro atoms. The molecule has 102 valence electrons. The Hall–Kier alpha value is -0.870. The van der Waals surface area contributed by atoms with Gasteiger partial charge in [-0.25, -0.2) is 4.98 Å². The van der Waals surface area contributed by atoms with Gasteiger partial charge in [-0.1, -0.05) is 6.42 Å². The first-order chi connectivity index (χ1) is 8.68. The number of imidazole rings is 1. The van der Waals surface area contributed by atoms with Crippen LogP contribution in [0.2, 0.25) is 0 Å². The molecule has 2 unspecified atom stereocenters. The van der Waals surface area contributed by atoms with Gasteiger partial charge in [-0.3, -0.25) is 4.90 Å². The van der Waals surface area contributed by atoms with Gasteiger partial charge in [0.15, 0.2) is 0 Å². The Kier molecular flexibility index (Phi) is 4.78. The lowest BCUT2D eigenvalue weighted by atomic mass is 9.98. The molecular formula is C14H25N3O. The number of piperidine rings is 1. The third-order valence-corrected chi connectivity index (χ3v) is 3.99. The summed E-state index contributed by atoms with van der Waals surface area (Å²) < 4.78 is 2.20. The predicted octanol–water partition coefficient (Wildman–Crippen LogP) is 1.82. The average molecular weight is 251 g/mol. The van der Waals surface area contributed by atoms with Gasteiger partial charge in [0.1, 0.15) is 5.82 Å². The van der Waals surface area contributed by atoms with Crippen LogP contribution in [0.1, 0.15) is 38.4 Å². The number of rotatable bonds is 5. The molecule has 1 N–H and O–H groups in total. The van der Waals surface area contributed by atoms with Crippen molar-refractivity contribution in [3.63, 3.8) is 0 Å². The molecule has 1 aliphatic rings. The van der Waals surface area contributed by atoms with E-state index in [2.05, 4.69) is 14.5 Å². The number of hydrogen-bond donors (Lipinski definition) is 1. The van der Waals surface area contributed by atoms with Crippen LogP contribution in [0.3, 0.4) is 0 Å². The van der Waals surface area contributed by atoms with Gasteiger partial charge in [0.05, 0.1) is 6.10 Å². The minimum atomic E-state index is -0.208. The largest absolute Gasteiger partial charge is 0.392 e. The number of likely N-dealkylation sites (tertiary alicyclic amines) is 1. The fraction of sp³-hybridized carbons (Fsp3) is 0.786. The number of aryl methyl sites for hydroxylation is 2. The highest BCUT2D eigenvalue weighted by atomic mass is 16.3. The van der Waals surface area contributed by atoms with E-state index in [1.54, 1.807) is 0 Å². The number of aliphatic hydroxyl groups excluding tert-OH is 1. The third-order valence-electron chi connectivity index (χ3n) is 3.99. The summed E-state index contributed by atoms with van der Waals surface area (Å²) in [6.07, 6.45) is 8.48. The highest BCUT2D eigenvalue weighted by molar-refractivity contribution is 4.88. The predicted molar refractivity (Wildman–Crippen MR) is 72.5 cm³/mol. The fourth-order valence-corrected chi connectivity index (χ4v) is 2.92. The summed E-state index contributed by atoms with van der Waals surface area (Å²) >= 11 is 0. The van der Waals surface area contributed by atoms with Crippen LogP contribution < -0.4 is 0 Å². The van der Waals surface area contributed by atoms with Crippen molar-refractivity contribution < 1.29 is 5.11 Å². The van der Waals surface area contributed by atoms with Gasteiger partial charge in [-0.05, 0) is 39.7 Å². The zero-order valence-electron chi connectivity index (χ0n) is 11.5. The van der Waals surface area contributed by atoms with Crippen molar-refractivity contribution >= 4 is 0 Å². The van der Waals surface area contributed by atoms with E-state index in [9.17, 15) is 5.11 Å². The molecule has 1 saturated heterocycles. The Labute approximate surface area is 110 Å². The summed E-state index contributed by atoms with van der Waals surface area (Å²) in [4.78, 5) is 6.69. The van der Waals surface area contributed by atoms with Gasteiger partial charge in [-0.2, -0.15) is 0 Å². The smallest absolute Gasteiger partial charge is 0.105 e. The molecule has 2 atom stereocenters. The lowest BCUT2D eigenvalue weighted by Crippen LogP contribution is -2.46. The summed E-state index contributed by atoms with van der Waals surface area (Å²) in [6, 6.07) is 0.364. The summed E-state index contributed by atoms with van der Waals surface area (Å²) in [5.74, 6) is 1.08. The molecular weight excluding hydrogens is 226 g/mol. The third kappa shape index (κ3) is 3.33. The van der Waals surface area contributed by atoms with Gasteiger partial charge < -0.3 is 9.67 Å². The summed E-state index contributed by atoms with van der Waals surface area (Å²) in [5.41, 5.74) is 0. The maximum absolute atomic E-state index is 9.82. The Bertz CT molecular complexity index is 362. The van der Waals surface area contributed by atoms with E-state index in [1.807, 2.05) is 26.2 Å². The minimum Gasteiger partial charge on any atom is -0.392 e. The Morgan fingerprint density at radius 1 is 1.44 bits per heavy atom. The molecule has 2 rings (SSSR count). The molecule has 0 amide bonds. The first kappa shape index (κ1) is 13.6. The van der Waals surface area contributed by atoms with Crippen molar-refractivity contribution in [1.29, 1.82) is 0 Å². The van der Waals surface area contributed by atoms with E-state index < -0.39 is 0 Å². The molecule has 1 aromatic heterocycles. The zero-order chi connectivity index (χ0) is 13.0. The molecule has 1 aromatic rings. The molecule has 0 bridgehead atoms. The quantitative estimate of drug-likeness (QED) is 0.868. The standard InChI is InChI=1S/C14H25N3O/c1-12(18)14-6-3-4-8-17(14)10-5-9-16-11-7-15-13(16)2/h7,11-12,14,18H,3-6,8-10H2,1-2H3. The molecule has 4 heteroatoms. The van der Waals surface area contributed by atoms with E-state index in [0.717, 1.165) is 38.3 Å². The molecule has 1 fully saturated rings. The summed E-state index contributed by atoms with van der Waals surface area (Å²) in [7, 11) is 0. The normalized spacial score (nSPS) is 23.2. The molecule has 0 aliphatic carbocycles. The van der Waals surface area contributed by atoms with Gasteiger partial charge in [0.2, 0.25) is 0 Å². The molecule has 2 heterocycles. The highest BCUT2D eigenvalue weighted by Crippen LogP contribution is 2.20. The van der Waals surface area contributed by atoms with Gasteiger partial charge in [0, 0.05) is 31.5 Å². The second kappa shape index (κ2) is 6.34. The van der Waals surface area contributed by atoms with Crippen LogP contribution in [0.15, 0.2) is 12.4 Å². The fourth-order valence-electron chi connectivity index (χ4n) is 2.92. The van der Waals surface area contributed by atoms with Crippen LogP contribution in [-0.4, -0.2) is 44.8 Å². The first-order valence-corrected chi connectivity index (χ1v) is 7.08. The van der Waals surface area contributed by atoms with E-state index in [1.165, 1.54) is 12.8 Å². The Morgan fingerprint density at radius 3 is 2.94 bits per heavy atom. The molecule has 1 aliphatic heterocycles. The monoisotopic (exact) mass is 251 g/mol. The van der Waals surface area contributed by atoms with Crippen LogP contribution in [0.5, 0.6) is 0 Å². The average Bonchev–Trinajstić information content (AvgIpc) is 2.76. The molecule has 4 nitrogen and oxygen atoms in total. The van der Waals surface area contributed by atoms with Crippen LogP contribution in [-0.2, 0) is 6.54 Å². The number of hydrogen-bond acceptors (Lipinski definition) is 3. The van der Waals surface area contributed by atoms with Gasteiger partial charge >= 0.3 is 0 Å². The van der Waals surface area contributed by atoms with Crippen molar-refractivity contribution in [3.8, 4) is 0 Å². The SMILES string of the molecule is Cc1nccn1CCCN1CCCCC1C(C)O. The summed E-state index contributed by atoms with van der Waals surface area (Å²) in [5, 5.41) is 9.82. The van der Waals surface area contributed by atoms with E-state index >= 15 is 0 Å². The van der Waals surface area contributed by atoms with Crippen molar-refractivity contribution in [2.75, 3.05) is 13.1 Å². The second-order valence-electron chi connectivity index (χ2n) is 5.36. The Balaban J connectivity index is 1.79.